The summed E-state index contributed by atoms with van der Waals surface area (Å²) in [5, 5.41) is 2.70. The molecule has 0 aliphatic rings. The SMILES string of the molecule is CC(NC(=O)CN(C)S(=O)(=O)c1ccccc1)c1ccco1. The molecule has 0 fully saturated rings. The Morgan fingerprint density at radius 2 is 1.91 bits per heavy atom. The van der Waals surface area contributed by atoms with Crippen LogP contribution in [-0.2, 0) is 14.8 Å². The standard InChI is InChI=1S/C15H18N2O4S/c1-12(14-9-6-10-21-14)16-15(18)11-17(2)22(19,20)13-7-4-3-5-8-13/h3-10,12H,11H2,1-2H3,(H,16,18). The summed E-state index contributed by atoms with van der Waals surface area (Å²) in [5.74, 6) is 0.216. The van der Waals surface area contributed by atoms with Crippen molar-refractivity contribution in [1.29, 1.82) is 0 Å². The van der Waals surface area contributed by atoms with Crippen molar-refractivity contribution in [1.82, 2.24) is 9.62 Å². The smallest absolute Gasteiger partial charge is 0.243 e. The minimum absolute atomic E-state index is 0.157. The minimum atomic E-state index is -3.67. The Morgan fingerprint density at radius 1 is 1.23 bits per heavy atom. The van der Waals surface area contributed by atoms with Gasteiger partial charge in [0.05, 0.1) is 23.7 Å². The lowest BCUT2D eigenvalue weighted by Crippen LogP contribution is -2.39. The average Bonchev–Trinajstić information content (AvgIpc) is 3.02. The van der Waals surface area contributed by atoms with E-state index in [1.807, 2.05) is 0 Å². The molecule has 1 atom stereocenters. The van der Waals surface area contributed by atoms with Gasteiger partial charge in [-0.3, -0.25) is 4.79 Å². The molecule has 1 N–H and O–H groups in total. The molecule has 0 saturated heterocycles. The zero-order valence-electron chi connectivity index (χ0n) is 12.4. The molecular formula is C15H18N2O4S. The van der Waals surface area contributed by atoms with Gasteiger partial charge in [-0.15, -0.1) is 0 Å². The van der Waals surface area contributed by atoms with Crippen molar-refractivity contribution in [3.63, 3.8) is 0 Å². The predicted octanol–water partition coefficient (Wildman–Crippen LogP) is 1.78. The van der Waals surface area contributed by atoms with Gasteiger partial charge in [-0.25, -0.2) is 8.42 Å². The Balaban J connectivity index is 1.99. The van der Waals surface area contributed by atoms with Crippen molar-refractivity contribution < 1.29 is 17.6 Å². The Morgan fingerprint density at radius 3 is 2.50 bits per heavy atom. The Bertz CT molecular complexity index is 711. The fraction of sp³-hybridized carbons (Fsp3) is 0.267. The number of likely N-dealkylation sites (N-methyl/N-ethyl adjacent to an activating group) is 1. The van der Waals surface area contributed by atoms with Gasteiger partial charge < -0.3 is 9.73 Å². The third kappa shape index (κ3) is 3.75. The maximum absolute atomic E-state index is 12.3. The largest absolute Gasteiger partial charge is 0.467 e. The van der Waals surface area contributed by atoms with Crippen molar-refractivity contribution >= 4 is 15.9 Å². The van der Waals surface area contributed by atoms with Crippen LogP contribution >= 0.6 is 0 Å². The van der Waals surface area contributed by atoms with E-state index < -0.39 is 15.9 Å². The number of hydrogen-bond acceptors (Lipinski definition) is 4. The number of nitrogens with zero attached hydrogens (tertiary/aromatic N) is 1. The van der Waals surface area contributed by atoms with Crippen LogP contribution in [0.4, 0.5) is 0 Å². The van der Waals surface area contributed by atoms with Crippen molar-refractivity contribution in [2.24, 2.45) is 0 Å². The van der Waals surface area contributed by atoms with E-state index in [1.54, 1.807) is 37.3 Å². The summed E-state index contributed by atoms with van der Waals surface area (Å²) in [4.78, 5) is 12.1. The van der Waals surface area contributed by atoms with Gasteiger partial charge in [0.25, 0.3) is 0 Å². The van der Waals surface area contributed by atoms with E-state index in [1.165, 1.54) is 25.4 Å². The van der Waals surface area contributed by atoms with Gasteiger partial charge in [0.1, 0.15) is 5.76 Å². The molecule has 0 radical (unpaired) electrons. The zero-order valence-corrected chi connectivity index (χ0v) is 13.2. The van der Waals surface area contributed by atoms with Crippen molar-refractivity contribution in [2.45, 2.75) is 17.9 Å². The molecule has 7 heteroatoms. The number of benzene rings is 1. The topological polar surface area (TPSA) is 79.6 Å². The fourth-order valence-electron chi connectivity index (χ4n) is 1.96. The summed E-state index contributed by atoms with van der Waals surface area (Å²) >= 11 is 0. The predicted molar refractivity (Wildman–Crippen MR) is 81.5 cm³/mol. The number of hydrogen-bond donors (Lipinski definition) is 1. The molecule has 0 spiro atoms. The van der Waals surface area contributed by atoms with Crippen LogP contribution in [-0.4, -0.2) is 32.2 Å². The maximum Gasteiger partial charge on any atom is 0.243 e. The average molecular weight is 322 g/mol. The van der Waals surface area contributed by atoms with Gasteiger partial charge in [0, 0.05) is 7.05 Å². The van der Waals surface area contributed by atoms with Gasteiger partial charge in [0.15, 0.2) is 0 Å². The minimum Gasteiger partial charge on any atom is -0.467 e. The number of sulfonamides is 1. The van der Waals surface area contributed by atoms with E-state index in [0.29, 0.717) is 5.76 Å². The first kappa shape index (κ1) is 16.3. The Hall–Kier alpha value is -2.12. The van der Waals surface area contributed by atoms with Crippen molar-refractivity contribution in [3.8, 4) is 0 Å². The molecule has 1 heterocycles. The first-order valence-electron chi connectivity index (χ1n) is 6.75. The Labute approximate surface area is 129 Å². The van der Waals surface area contributed by atoms with Crippen LogP contribution in [0.25, 0.3) is 0 Å². The molecule has 2 aromatic rings. The van der Waals surface area contributed by atoms with Crippen LogP contribution in [0.3, 0.4) is 0 Å². The highest BCUT2D eigenvalue weighted by Crippen LogP contribution is 2.14. The normalized spacial score (nSPS) is 13.0. The van der Waals surface area contributed by atoms with E-state index in [2.05, 4.69) is 5.32 Å². The number of carbonyl (C=O) groups is 1. The molecule has 6 nitrogen and oxygen atoms in total. The third-order valence-corrected chi connectivity index (χ3v) is 4.98. The van der Waals surface area contributed by atoms with Crippen LogP contribution < -0.4 is 5.32 Å². The molecule has 2 rings (SSSR count). The van der Waals surface area contributed by atoms with Crippen LogP contribution in [0.5, 0.6) is 0 Å². The van der Waals surface area contributed by atoms with E-state index >= 15 is 0 Å². The second-order valence-electron chi connectivity index (χ2n) is 4.88. The zero-order chi connectivity index (χ0) is 16.2. The van der Waals surface area contributed by atoms with Crippen LogP contribution in [0.1, 0.15) is 18.7 Å². The van der Waals surface area contributed by atoms with Gasteiger partial charge in [-0.1, -0.05) is 18.2 Å². The Kier molecular flexibility index (Phi) is 4.99. The lowest BCUT2D eigenvalue weighted by molar-refractivity contribution is -0.121. The summed E-state index contributed by atoms with van der Waals surface area (Å²) < 4.78 is 30.8. The molecule has 0 aliphatic heterocycles. The first-order chi connectivity index (χ1) is 10.4. The molecule has 0 bridgehead atoms. The molecule has 1 unspecified atom stereocenters. The quantitative estimate of drug-likeness (QED) is 0.879. The molecule has 22 heavy (non-hydrogen) atoms. The van der Waals surface area contributed by atoms with E-state index in [-0.39, 0.29) is 17.5 Å². The lowest BCUT2D eigenvalue weighted by atomic mass is 10.2. The maximum atomic E-state index is 12.3. The highest BCUT2D eigenvalue weighted by Gasteiger charge is 2.23. The monoisotopic (exact) mass is 322 g/mol. The van der Waals surface area contributed by atoms with Crippen molar-refractivity contribution in [3.05, 3.63) is 54.5 Å². The first-order valence-corrected chi connectivity index (χ1v) is 8.19. The second-order valence-corrected chi connectivity index (χ2v) is 6.92. The van der Waals surface area contributed by atoms with Crippen LogP contribution in [0.2, 0.25) is 0 Å². The van der Waals surface area contributed by atoms with E-state index in [0.717, 1.165) is 4.31 Å². The van der Waals surface area contributed by atoms with Gasteiger partial charge in [-0.2, -0.15) is 4.31 Å². The number of furan rings is 1. The summed E-state index contributed by atoms with van der Waals surface area (Å²) in [7, 11) is -2.30. The molecule has 118 valence electrons. The molecule has 1 aromatic carbocycles. The van der Waals surface area contributed by atoms with Crippen LogP contribution in [0.15, 0.2) is 58.0 Å². The summed E-state index contributed by atoms with van der Waals surface area (Å²) in [6, 6.07) is 11.1. The van der Waals surface area contributed by atoms with E-state index in [4.69, 9.17) is 4.42 Å². The van der Waals surface area contributed by atoms with E-state index in [9.17, 15) is 13.2 Å². The van der Waals surface area contributed by atoms with Gasteiger partial charge in [0.2, 0.25) is 15.9 Å². The third-order valence-electron chi connectivity index (χ3n) is 3.17. The molecule has 0 aliphatic carbocycles. The lowest BCUT2D eigenvalue weighted by Gasteiger charge is -2.18. The van der Waals surface area contributed by atoms with Gasteiger partial charge >= 0.3 is 0 Å². The summed E-state index contributed by atoms with van der Waals surface area (Å²) in [6.07, 6.45) is 1.52. The van der Waals surface area contributed by atoms with Gasteiger partial charge in [-0.05, 0) is 31.2 Å². The highest BCUT2D eigenvalue weighted by atomic mass is 32.2. The summed E-state index contributed by atoms with van der Waals surface area (Å²) in [5.41, 5.74) is 0. The van der Waals surface area contributed by atoms with Crippen LogP contribution in [0, 0.1) is 0 Å². The molecular weight excluding hydrogens is 304 g/mol. The molecule has 1 aromatic heterocycles. The second kappa shape index (κ2) is 6.76. The number of amides is 1. The molecule has 0 saturated carbocycles. The summed E-state index contributed by atoms with van der Waals surface area (Å²) in [6.45, 7) is 1.50. The highest BCUT2D eigenvalue weighted by molar-refractivity contribution is 7.89. The molecule has 1 amide bonds. The van der Waals surface area contributed by atoms with Crippen molar-refractivity contribution in [2.75, 3.05) is 13.6 Å². The number of nitrogens with one attached hydrogen (secondary N) is 1. The number of carbonyl (C=O) groups excluding carboxylic acids is 1. The number of rotatable bonds is 6. The fourth-order valence-corrected chi connectivity index (χ4v) is 3.10.